The van der Waals surface area contributed by atoms with Gasteiger partial charge in [0, 0.05) is 30.5 Å². The predicted octanol–water partition coefficient (Wildman–Crippen LogP) is 4.86. The molecule has 6 nitrogen and oxygen atoms in total. The van der Waals surface area contributed by atoms with Crippen LogP contribution in [0.4, 0.5) is 11.8 Å². The van der Waals surface area contributed by atoms with Crippen LogP contribution in [0.15, 0.2) is 36.5 Å². The SMILES string of the molecule is CSCCNc1nc(C)c(C#Cc2ccc(-c3ccccn3)s2)c(N[C@H]2CC[C@@H](C=O)C2)n1. The van der Waals surface area contributed by atoms with E-state index in [1.54, 1.807) is 29.3 Å². The van der Waals surface area contributed by atoms with Crippen molar-refractivity contribution in [1.29, 1.82) is 0 Å². The average Bonchev–Trinajstić information content (AvgIpc) is 3.49. The number of carbonyl (C=O) groups excluding carboxylic acids is 1. The van der Waals surface area contributed by atoms with E-state index in [1.165, 1.54) is 0 Å². The van der Waals surface area contributed by atoms with E-state index >= 15 is 0 Å². The van der Waals surface area contributed by atoms with Crippen LogP contribution in [0.25, 0.3) is 10.6 Å². The Kier molecular flexibility index (Phi) is 7.97. The smallest absolute Gasteiger partial charge is 0.224 e. The molecule has 33 heavy (non-hydrogen) atoms. The number of aromatic nitrogens is 3. The first-order valence-electron chi connectivity index (χ1n) is 11.0. The Labute approximate surface area is 203 Å². The molecular weight excluding hydrogens is 450 g/mol. The standard InChI is InChI=1S/C25H27N5OS2/c1-17-21(10-8-20-9-11-23(33-20)22-5-3-4-12-26-22)24(29-19-7-6-18(15-19)16-31)30-25(28-17)27-13-14-32-2/h3-5,9,11-12,16,18-19H,6-7,13-15H2,1-2H3,(H2,27,28,29,30)/t18-,19+/m1/s1. The lowest BCUT2D eigenvalue weighted by atomic mass is 10.1. The quantitative estimate of drug-likeness (QED) is 0.272. The number of carbonyl (C=O) groups is 1. The predicted molar refractivity (Wildman–Crippen MR) is 138 cm³/mol. The van der Waals surface area contributed by atoms with Crippen LogP contribution in [0.2, 0.25) is 0 Å². The van der Waals surface area contributed by atoms with Gasteiger partial charge >= 0.3 is 0 Å². The second kappa shape index (κ2) is 11.3. The van der Waals surface area contributed by atoms with Crippen LogP contribution in [0, 0.1) is 24.7 Å². The third-order valence-corrected chi connectivity index (χ3v) is 7.16. The molecule has 0 unspecified atom stereocenters. The van der Waals surface area contributed by atoms with E-state index in [1.807, 2.05) is 31.2 Å². The van der Waals surface area contributed by atoms with Gasteiger partial charge in [0.15, 0.2) is 0 Å². The number of nitrogens with zero attached hydrogens (tertiary/aromatic N) is 3. The van der Waals surface area contributed by atoms with Crippen molar-refractivity contribution >= 4 is 41.2 Å². The largest absolute Gasteiger partial charge is 0.366 e. The molecule has 8 heteroatoms. The summed E-state index contributed by atoms with van der Waals surface area (Å²) in [6, 6.07) is 10.2. The number of hydrogen-bond acceptors (Lipinski definition) is 8. The topological polar surface area (TPSA) is 79.8 Å². The summed E-state index contributed by atoms with van der Waals surface area (Å²) in [6.07, 6.45) is 7.63. The molecule has 1 fully saturated rings. The third kappa shape index (κ3) is 6.12. The van der Waals surface area contributed by atoms with Crippen LogP contribution in [-0.4, -0.2) is 45.8 Å². The maximum Gasteiger partial charge on any atom is 0.224 e. The maximum atomic E-state index is 11.2. The number of thioether (sulfide) groups is 1. The van der Waals surface area contributed by atoms with E-state index in [0.29, 0.717) is 5.95 Å². The average molecular weight is 478 g/mol. The highest BCUT2D eigenvalue weighted by molar-refractivity contribution is 7.98. The molecule has 1 saturated carbocycles. The molecule has 1 aliphatic carbocycles. The molecule has 2 N–H and O–H groups in total. The minimum absolute atomic E-state index is 0.121. The summed E-state index contributed by atoms with van der Waals surface area (Å²) >= 11 is 3.39. The van der Waals surface area contributed by atoms with Gasteiger partial charge in [0.2, 0.25) is 5.95 Å². The lowest BCUT2D eigenvalue weighted by Gasteiger charge is -2.17. The van der Waals surface area contributed by atoms with Crippen LogP contribution in [0.1, 0.15) is 35.4 Å². The first-order valence-corrected chi connectivity index (χ1v) is 13.2. The molecule has 3 heterocycles. The van der Waals surface area contributed by atoms with E-state index in [9.17, 15) is 4.79 Å². The van der Waals surface area contributed by atoms with Crippen molar-refractivity contribution < 1.29 is 4.79 Å². The van der Waals surface area contributed by atoms with Crippen LogP contribution < -0.4 is 10.6 Å². The Balaban J connectivity index is 1.60. The zero-order valence-corrected chi connectivity index (χ0v) is 20.4. The summed E-state index contributed by atoms with van der Waals surface area (Å²) in [5, 5.41) is 6.85. The fraction of sp³-hybridized carbons (Fsp3) is 0.360. The molecule has 3 aromatic rings. The number of hydrogen-bond donors (Lipinski definition) is 2. The zero-order valence-electron chi connectivity index (χ0n) is 18.8. The molecule has 0 saturated heterocycles. The highest BCUT2D eigenvalue weighted by atomic mass is 32.2. The minimum atomic E-state index is 0.121. The molecular formula is C25H27N5OS2. The molecule has 1 aliphatic rings. The molecule has 0 aromatic carbocycles. The summed E-state index contributed by atoms with van der Waals surface area (Å²) < 4.78 is 0. The zero-order chi connectivity index (χ0) is 23.0. The lowest BCUT2D eigenvalue weighted by molar-refractivity contribution is -0.110. The van der Waals surface area contributed by atoms with Crippen molar-refractivity contribution in [3.05, 3.63) is 52.7 Å². The van der Waals surface area contributed by atoms with Gasteiger partial charge in [0.1, 0.15) is 12.1 Å². The molecule has 0 amide bonds. The van der Waals surface area contributed by atoms with Crippen LogP contribution >= 0.6 is 23.1 Å². The summed E-state index contributed by atoms with van der Waals surface area (Å²) in [5.41, 5.74) is 2.58. The second-order valence-electron chi connectivity index (χ2n) is 7.96. The highest BCUT2D eigenvalue weighted by Crippen LogP contribution is 2.29. The molecule has 0 aliphatic heterocycles. The fourth-order valence-electron chi connectivity index (χ4n) is 3.81. The summed E-state index contributed by atoms with van der Waals surface area (Å²) in [4.78, 5) is 27.1. The number of aldehydes is 1. The first kappa shape index (κ1) is 23.3. The van der Waals surface area contributed by atoms with Crippen molar-refractivity contribution in [3.63, 3.8) is 0 Å². The van der Waals surface area contributed by atoms with E-state index in [-0.39, 0.29) is 12.0 Å². The molecule has 2 atom stereocenters. The van der Waals surface area contributed by atoms with E-state index in [4.69, 9.17) is 4.98 Å². The van der Waals surface area contributed by atoms with Gasteiger partial charge in [-0.15, -0.1) is 11.3 Å². The summed E-state index contributed by atoms with van der Waals surface area (Å²) in [5.74, 6) is 9.04. The van der Waals surface area contributed by atoms with Crippen molar-refractivity contribution in [1.82, 2.24) is 15.0 Å². The molecule has 0 bridgehead atoms. The number of aryl methyl sites for hydroxylation is 1. The Morgan fingerprint density at radius 1 is 1.21 bits per heavy atom. The van der Waals surface area contributed by atoms with Crippen LogP contribution in [-0.2, 0) is 4.79 Å². The van der Waals surface area contributed by atoms with Gasteiger partial charge in [-0.05, 0) is 56.7 Å². The van der Waals surface area contributed by atoms with Crippen molar-refractivity contribution in [2.75, 3.05) is 29.2 Å². The van der Waals surface area contributed by atoms with Gasteiger partial charge < -0.3 is 15.4 Å². The van der Waals surface area contributed by atoms with Gasteiger partial charge in [0.25, 0.3) is 0 Å². The second-order valence-corrected chi connectivity index (χ2v) is 10.0. The van der Waals surface area contributed by atoms with E-state index < -0.39 is 0 Å². The van der Waals surface area contributed by atoms with Gasteiger partial charge in [-0.25, -0.2) is 4.98 Å². The highest BCUT2D eigenvalue weighted by Gasteiger charge is 2.25. The Bertz CT molecular complexity index is 1150. The van der Waals surface area contributed by atoms with E-state index in [0.717, 1.165) is 70.4 Å². The van der Waals surface area contributed by atoms with E-state index in [2.05, 4.69) is 44.8 Å². The fourth-order valence-corrected chi connectivity index (χ4v) is 4.95. The van der Waals surface area contributed by atoms with Gasteiger partial charge in [-0.3, -0.25) is 4.98 Å². The Morgan fingerprint density at radius 2 is 2.12 bits per heavy atom. The number of anilines is 2. The molecule has 170 valence electrons. The van der Waals surface area contributed by atoms with Gasteiger partial charge in [0.05, 0.1) is 26.7 Å². The normalized spacial score (nSPS) is 17.3. The molecule has 0 spiro atoms. The van der Waals surface area contributed by atoms with Crippen LogP contribution in [0.5, 0.6) is 0 Å². The summed E-state index contributed by atoms with van der Waals surface area (Å²) in [6.45, 7) is 2.76. The Morgan fingerprint density at radius 3 is 2.88 bits per heavy atom. The number of nitrogens with one attached hydrogen (secondary N) is 2. The Hall–Kier alpha value is -2.89. The molecule has 0 radical (unpaired) electrons. The van der Waals surface area contributed by atoms with Crippen LogP contribution in [0.3, 0.4) is 0 Å². The maximum absolute atomic E-state index is 11.2. The first-order chi connectivity index (χ1) is 16.2. The van der Waals surface area contributed by atoms with Gasteiger partial charge in [-0.2, -0.15) is 16.7 Å². The molecule has 4 rings (SSSR count). The monoisotopic (exact) mass is 477 g/mol. The minimum Gasteiger partial charge on any atom is -0.366 e. The van der Waals surface area contributed by atoms with Gasteiger partial charge in [-0.1, -0.05) is 17.9 Å². The third-order valence-electron chi connectivity index (χ3n) is 5.52. The van der Waals surface area contributed by atoms with Crippen molar-refractivity contribution in [3.8, 4) is 22.4 Å². The van der Waals surface area contributed by atoms with Crippen molar-refractivity contribution in [2.45, 2.75) is 32.2 Å². The number of pyridine rings is 1. The van der Waals surface area contributed by atoms with Crippen molar-refractivity contribution in [2.24, 2.45) is 5.92 Å². The lowest BCUT2D eigenvalue weighted by Crippen LogP contribution is -2.19. The number of thiophene rings is 1. The molecule has 3 aromatic heterocycles. The summed E-state index contributed by atoms with van der Waals surface area (Å²) in [7, 11) is 0. The number of rotatable bonds is 8.